The van der Waals surface area contributed by atoms with Gasteiger partial charge >= 0.3 is 11.9 Å². The summed E-state index contributed by atoms with van der Waals surface area (Å²) >= 11 is 2.17. The molecule has 0 fully saturated rings. The molecule has 0 saturated heterocycles. The molecular formula is C15H14INO5. The molecule has 0 aliphatic rings. The monoisotopic (exact) mass is 415 g/mol. The first-order chi connectivity index (χ1) is 10.5. The van der Waals surface area contributed by atoms with Crippen LogP contribution in [0.15, 0.2) is 28.8 Å². The second kappa shape index (κ2) is 7.39. The average molecular weight is 415 g/mol. The van der Waals surface area contributed by atoms with Crippen molar-refractivity contribution in [3.05, 3.63) is 39.1 Å². The number of ether oxygens (including phenoxy) is 2. The molecule has 0 N–H and O–H groups in total. The molecule has 116 valence electrons. The SMILES string of the molecule is CCOC(=O)c1noc(-c2cccc(I)c2)c1COC(C)=O. The van der Waals surface area contributed by atoms with Crippen molar-refractivity contribution < 1.29 is 23.6 Å². The fraction of sp³-hybridized carbons (Fsp3) is 0.267. The Labute approximate surface area is 140 Å². The zero-order valence-corrected chi connectivity index (χ0v) is 14.2. The summed E-state index contributed by atoms with van der Waals surface area (Å²) in [5, 5.41) is 3.78. The lowest BCUT2D eigenvalue weighted by molar-refractivity contribution is -0.142. The smallest absolute Gasteiger partial charge is 0.360 e. The van der Waals surface area contributed by atoms with Crippen molar-refractivity contribution in [2.24, 2.45) is 0 Å². The number of rotatable bonds is 5. The molecule has 7 heteroatoms. The lowest BCUT2D eigenvalue weighted by Crippen LogP contribution is -2.10. The van der Waals surface area contributed by atoms with E-state index >= 15 is 0 Å². The molecule has 0 atom stereocenters. The first-order valence-electron chi connectivity index (χ1n) is 6.58. The molecular weight excluding hydrogens is 401 g/mol. The Balaban J connectivity index is 2.44. The molecule has 2 aromatic rings. The molecule has 2 rings (SSSR count). The maximum atomic E-state index is 11.9. The number of nitrogens with zero attached hydrogens (tertiary/aromatic N) is 1. The van der Waals surface area contributed by atoms with Gasteiger partial charge in [-0.05, 0) is 41.6 Å². The van der Waals surface area contributed by atoms with Crippen molar-refractivity contribution in [3.8, 4) is 11.3 Å². The van der Waals surface area contributed by atoms with Gasteiger partial charge in [0.25, 0.3) is 0 Å². The highest BCUT2D eigenvalue weighted by atomic mass is 127. The van der Waals surface area contributed by atoms with Crippen molar-refractivity contribution in [2.45, 2.75) is 20.5 Å². The van der Waals surface area contributed by atoms with E-state index in [4.69, 9.17) is 14.0 Å². The molecule has 0 radical (unpaired) electrons. The number of halogens is 1. The Hall–Kier alpha value is -1.90. The van der Waals surface area contributed by atoms with Crippen LogP contribution in [0.25, 0.3) is 11.3 Å². The Bertz CT molecular complexity index is 695. The third-order valence-electron chi connectivity index (χ3n) is 2.76. The fourth-order valence-electron chi connectivity index (χ4n) is 1.83. The molecule has 1 heterocycles. The van der Waals surface area contributed by atoms with Gasteiger partial charge in [0.1, 0.15) is 6.61 Å². The normalized spacial score (nSPS) is 10.3. The van der Waals surface area contributed by atoms with Crippen LogP contribution in [0.2, 0.25) is 0 Å². The van der Waals surface area contributed by atoms with Crippen LogP contribution in [0.4, 0.5) is 0 Å². The molecule has 0 amide bonds. The van der Waals surface area contributed by atoms with Crippen molar-refractivity contribution in [2.75, 3.05) is 6.61 Å². The number of esters is 2. The Morgan fingerprint density at radius 2 is 2.09 bits per heavy atom. The molecule has 0 aliphatic carbocycles. The number of benzene rings is 1. The third-order valence-corrected chi connectivity index (χ3v) is 3.43. The van der Waals surface area contributed by atoms with E-state index in [9.17, 15) is 9.59 Å². The molecule has 1 aromatic carbocycles. The van der Waals surface area contributed by atoms with Crippen molar-refractivity contribution in [1.82, 2.24) is 5.16 Å². The van der Waals surface area contributed by atoms with Crippen LogP contribution in [0, 0.1) is 3.57 Å². The molecule has 0 saturated carbocycles. The summed E-state index contributed by atoms with van der Waals surface area (Å²) in [6, 6.07) is 7.50. The highest BCUT2D eigenvalue weighted by Gasteiger charge is 2.24. The summed E-state index contributed by atoms with van der Waals surface area (Å²) < 4.78 is 16.2. The number of carbonyl (C=O) groups is 2. The second-order valence-corrected chi connectivity index (χ2v) is 5.60. The lowest BCUT2D eigenvalue weighted by Gasteiger charge is -2.05. The van der Waals surface area contributed by atoms with Gasteiger partial charge in [-0.15, -0.1) is 0 Å². The third kappa shape index (κ3) is 3.85. The molecule has 0 unspecified atom stereocenters. The highest BCUT2D eigenvalue weighted by Crippen LogP contribution is 2.28. The van der Waals surface area contributed by atoms with Gasteiger partial charge in [0.05, 0.1) is 12.2 Å². The molecule has 0 aliphatic heterocycles. The summed E-state index contributed by atoms with van der Waals surface area (Å²) in [7, 11) is 0. The van der Waals surface area contributed by atoms with E-state index in [0.717, 1.165) is 9.13 Å². The van der Waals surface area contributed by atoms with Gasteiger partial charge in [-0.25, -0.2) is 4.79 Å². The molecule has 22 heavy (non-hydrogen) atoms. The van der Waals surface area contributed by atoms with Crippen LogP contribution in [-0.2, 0) is 20.9 Å². The maximum absolute atomic E-state index is 11.9. The summed E-state index contributed by atoms with van der Waals surface area (Å²) in [5.41, 5.74) is 1.17. The topological polar surface area (TPSA) is 78.6 Å². The Morgan fingerprint density at radius 3 is 2.73 bits per heavy atom. The fourth-order valence-corrected chi connectivity index (χ4v) is 2.38. The minimum Gasteiger partial charge on any atom is -0.461 e. The van der Waals surface area contributed by atoms with E-state index in [-0.39, 0.29) is 18.9 Å². The Kier molecular flexibility index (Phi) is 5.53. The standard InChI is InChI=1S/C15H14INO5/c1-3-20-15(19)13-12(8-21-9(2)18)14(22-17-13)10-5-4-6-11(16)7-10/h4-7H,3,8H2,1-2H3. The molecule has 0 bridgehead atoms. The van der Waals surface area contributed by atoms with Crippen LogP contribution in [-0.4, -0.2) is 23.7 Å². The van der Waals surface area contributed by atoms with Crippen LogP contribution < -0.4 is 0 Å². The predicted molar refractivity (Wildman–Crippen MR) is 86.1 cm³/mol. The first-order valence-corrected chi connectivity index (χ1v) is 7.65. The van der Waals surface area contributed by atoms with Crippen LogP contribution in [0.5, 0.6) is 0 Å². The van der Waals surface area contributed by atoms with E-state index in [1.54, 1.807) is 6.92 Å². The molecule has 0 spiro atoms. The number of carbonyl (C=O) groups excluding carboxylic acids is 2. The average Bonchev–Trinajstić information content (AvgIpc) is 2.89. The van der Waals surface area contributed by atoms with Gasteiger partial charge in [0, 0.05) is 16.1 Å². The summed E-state index contributed by atoms with van der Waals surface area (Å²) in [4.78, 5) is 23.0. The zero-order valence-electron chi connectivity index (χ0n) is 12.1. The van der Waals surface area contributed by atoms with Crippen molar-refractivity contribution >= 4 is 34.5 Å². The van der Waals surface area contributed by atoms with E-state index in [2.05, 4.69) is 27.7 Å². The number of aromatic nitrogens is 1. The molecule has 6 nitrogen and oxygen atoms in total. The lowest BCUT2D eigenvalue weighted by atomic mass is 10.1. The minimum absolute atomic E-state index is 0.0250. The Morgan fingerprint density at radius 1 is 1.32 bits per heavy atom. The zero-order chi connectivity index (χ0) is 16.1. The van der Waals surface area contributed by atoms with Crippen LogP contribution >= 0.6 is 22.6 Å². The second-order valence-electron chi connectivity index (χ2n) is 4.35. The van der Waals surface area contributed by atoms with E-state index in [0.29, 0.717) is 11.3 Å². The van der Waals surface area contributed by atoms with Gasteiger partial charge < -0.3 is 14.0 Å². The largest absolute Gasteiger partial charge is 0.461 e. The van der Waals surface area contributed by atoms with E-state index in [1.807, 2.05) is 24.3 Å². The van der Waals surface area contributed by atoms with Crippen molar-refractivity contribution in [3.63, 3.8) is 0 Å². The predicted octanol–water partition coefficient (Wildman–Crippen LogP) is 3.19. The van der Waals surface area contributed by atoms with Crippen LogP contribution in [0.3, 0.4) is 0 Å². The van der Waals surface area contributed by atoms with Gasteiger partial charge in [0.15, 0.2) is 11.5 Å². The van der Waals surface area contributed by atoms with Crippen molar-refractivity contribution in [1.29, 1.82) is 0 Å². The quantitative estimate of drug-likeness (QED) is 0.552. The summed E-state index contributed by atoms with van der Waals surface area (Å²) in [5.74, 6) is -0.669. The van der Waals surface area contributed by atoms with Gasteiger partial charge in [0.2, 0.25) is 0 Å². The number of hydrogen-bond acceptors (Lipinski definition) is 6. The molecule has 1 aromatic heterocycles. The number of hydrogen-bond donors (Lipinski definition) is 0. The minimum atomic E-state index is -0.606. The summed E-state index contributed by atoms with van der Waals surface area (Å²) in [6.45, 7) is 3.11. The maximum Gasteiger partial charge on any atom is 0.360 e. The van der Waals surface area contributed by atoms with Gasteiger partial charge in [-0.3, -0.25) is 4.79 Å². The first kappa shape index (κ1) is 16.5. The summed E-state index contributed by atoms with van der Waals surface area (Å²) in [6.07, 6.45) is 0. The highest BCUT2D eigenvalue weighted by molar-refractivity contribution is 14.1. The van der Waals surface area contributed by atoms with Gasteiger partial charge in [-0.2, -0.15) is 0 Å². The van der Waals surface area contributed by atoms with Gasteiger partial charge in [-0.1, -0.05) is 17.3 Å². The van der Waals surface area contributed by atoms with Crippen LogP contribution in [0.1, 0.15) is 29.9 Å². The van der Waals surface area contributed by atoms with E-state index in [1.165, 1.54) is 6.92 Å². The van der Waals surface area contributed by atoms with E-state index < -0.39 is 11.9 Å².